The van der Waals surface area contributed by atoms with Crippen LogP contribution in [0.1, 0.15) is 28.0 Å². The Morgan fingerprint density at radius 3 is 2.60 bits per heavy atom. The highest BCUT2D eigenvalue weighted by atomic mass is 16.5. The van der Waals surface area contributed by atoms with E-state index in [2.05, 4.69) is 22.0 Å². The lowest BCUT2D eigenvalue weighted by atomic mass is 10.1. The number of benzene rings is 2. The van der Waals surface area contributed by atoms with Crippen molar-refractivity contribution in [3.63, 3.8) is 0 Å². The van der Waals surface area contributed by atoms with Crippen LogP contribution in [0.3, 0.4) is 0 Å². The number of hydrogen-bond acceptors (Lipinski definition) is 5. The molecular formula is C28H30N4O3. The smallest absolute Gasteiger partial charge is 0.257 e. The highest BCUT2D eigenvalue weighted by molar-refractivity contribution is 5.97. The maximum Gasteiger partial charge on any atom is 0.257 e. The molecule has 0 N–H and O–H groups in total. The third-order valence-electron chi connectivity index (χ3n) is 6.44. The normalized spacial score (nSPS) is 14.1. The molecule has 0 aliphatic carbocycles. The minimum atomic E-state index is 0.00280. The number of amides is 1. The fourth-order valence-corrected chi connectivity index (χ4v) is 4.54. The predicted molar refractivity (Wildman–Crippen MR) is 136 cm³/mol. The Morgan fingerprint density at radius 2 is 1.80 bits per heavy atom. The van der Waals surface area contributed by atoms with Crippen LogP contribution in [-0.4, -0.2) is 53.5 Å². The van der Waals surface area contributed by atoms with Crippen molar-refractivity contribution < 1.29 is 14.3 Å². The van der Waals surface area contributed by atoms with Gasteiger partial charge in [-0.2, -0.15) is 0 Å². The first-order valence-corrected chi connectivity index (χ1v) is 12.0. The monoisotopic (exact) mass is 470 g/mol. The van der Waals surface area contributed by atoms with E-state index >= 15 is 0 Å². The van der Waals surface area contributed by atoms with Crippen molar-refractivity contribution in [2.75, 3.05) is 38.2 Å². The highest BCUT2D eigenvalue weighted by Crippen LogP contribution is 2.24. The molecule has 7 heteroatoms. The third kappa shape index (κ3) is 4.94. The Hall–Kier alpha value is -4.00. The molecule has 7 nitrogen and oxygen atoms in total. The summed E-state index contributed by atoms with van der Waals surface area (Å²) in [6.07, 6.45) is 4.85. The molecule has 3 heterocycles. The van der Waals surface area contributed by atoms with Crippen molar-refractivity contribution in [2.24, 2.45) is 0 Å². The number of fused-ring (bicyclic) bond motifs is 1. The number of nitrogens with zero attached hydrogens (tertiary/aromatic N) is 4. The summed E-state index contributed by atoms with van der Waals surface area (Å²) in [5.74, 6) is 1.43. The first-order valence-electron chi connectivity index (χ1n) is 12.0. The average Bonchev–Trinajstić information content (AvgIpc) is 3.17. The maximum atomic E-state index is 13.5. The SMILES string of the molecule is COc1ccc(N2CCCN(C(=O)c3ccccc3OCc3cn4cccc(C)c4n3)CC2)cc1. The van der Waals surface area contributed by atoms with Gasteiger partial charge in [0.05, 0.1) is 18.4 Å². The number of aromatic nitrogens is 2. The molecule has 1 saturated heterocycles. The summed E-state index contributed by atoms with van der Waals surface area (Å²) in [5, 5.41) is 0. The van der Waals surface area contributed by atoms with E-state index in [1.54, 1.807) is 7.11 Å². The number of methoxy groups -OCH3 is 1. The quantitative estimate of drug-likeness (QED) is 0.413. The summed E-state index contributed by atoms with van der Waals surface area (Å²) in [7, 11) is 1.67. The lowest BCUT2D eigenvalue weighted by Crippen LogP contribution is -2.35. The summed E-state index contributed by atoms with van der Waals surface area (Å²) < 4.78 is 13.4. The first-order chi connectivity index (χ1) is 17.1. The Balaban J connectivity index is 1.26. The standard InChI is InChI=1S/C28H30N4O3/c1-21-7-5-14-32-19-22(29-27(21)32)20-35-26-9-4-3-8-25(26)28(33)31-16-6-15-30(17-18-31)23-10-12-24(34-2)13-11-23/h3-5,7-14,19H,6,15-18,20H2,1-2H3. The van der Waals surface area contributed by atoms with Crippen LogP contribution >= 0.6 is 0 Å². The minimum Gasteiger partial charge on any atom is -0.497 e. The fraction of sp³-hybridized carbons (Fsp3) is 0.286. The van der Waals surface area contributed by atoms with Crippen LogP contribution in [0.4, 0.5) is 5.69 Å². The van der Waals surface area contributed by atoms with Gasteiger partial charge in [0.25, 0.3) is 5.91 Å². The lowest BCUT2D eigenvalue weighted by Gasteiger charge is -2.24. The van der Waals surface area contributed by atoms with Gasteiger partial charge in [-0.25, -0.2) is 4.98 Å². The van der Waals surface area contributed by atoms with Crippen LogP contribution in [0.2, 0.25) is 0 Å². The third-order valence-corrected chi connectivity index (χ3v) is 6.44. The summed E-state index contributed by atoms with van der Waals surface area (Å²) in [4.78, 5) is 22.4. The molecule has 0 unspecified atom stereocenters. The molecule has 5 rings (SSSR count). The average molecular weight is 471 g/mol. The minimum absolute atomic E-state index is 0.00280. The molecule has 35 heavy (non-hydrogen) atoms. The Bertz CT molecular complexity index is 1320. The van der Waals surface area contributed by atoms with E-state index in [4.69, 9.17) is 9.47 Å². The van der Waals surface area contributed by atoms with E-state index in [0.717, 1.165) is 47.9 Å². The molecule has 0 radical (unpaired) electrons. The highest BCUT2D eigenvalue weighted by Gasteiger charge is 2.23. The van der Waals surface area contributed by atoms with Gasteiger partial charge in [-0.05, 0) is 61.4 Å². The predicted octanol–water partition coefficient (Wildman–Crippen LogP) is 4.58. The number of pyridine rings is 1. The van der Waals surface area contributed by atoms with Crippen LogP contribution in [0.5, 0.6) is 11.5 Å². The zero-order chi connectivity index (χ0) is 24.2. The number of imidazole rings is 1. The van der Waals surface area contributed by atoms with Crippen LogP contribution in [-0.2, 0) is 6.61 Å². The van der Waals surface area contributed by atoms with E-state index in [1.165, 1.54) is 0 Å². The Kier molecular flexibility index (Phi) is 6.57. The number of para-hydroxylation sites is 1. The second kappa shape index (κ2) is 10.1. The molecule has 0 bridgehead atoms. The van der Waals surface area contributed by atoms with Crippen molar-refractivity contribution in [1.82, 2.24) is 14.3 Å². The van der Waals surface area contributed by atoms with Crippen LogP contribution in [0.25, 0.3) is 5.65 Å². The van der Waals surface area contributed by atoms with Crippen LogP contribution in [0.15, 0.2) is 73.1 Å². The van der Waals surface area contributed by atoms with Crippen molar-refractivity contribution in [2.45, 2.75) is 20.0 Å². The first kappa shape index (κ1) is 22.8. The Morgan fingerprint density at radius 1 is 0.971 bits per heavy atom. The van der Waals surface area contributed by atoms with Crippen molar-refractivity contribution in [1.29, 1.82) is 0 Å². The second-order valence-electron chi connectivity index (χ2n) is 8.77. The van der Waals surface area contributed by atoms with Crippen LogP contribution in [0, 0.1) is 6.92 Å². The number of rotatable bonds is 6. The molecule has 0 saturated carbocycles. The molecule has 1 aliphatic rings. The fourth-order valence-electron chi connectivity index (χ4n) is 4.54. The summed E-state index contributed by atoms with van der Waals surface area (Å²) >= 11 is 0. The van der Waals surface area contributed by atoms with Gasteiger partial charge in [-0.3, -0.25) is 4.79 Å². The molecule has 180 valence electrons. The number of carbonyl (C=O) groups excluding carboxylic acids is 1. The van der Waals surface area contributed by atoms with Gasteiger partial charge in [0.15, 0.2) is 0 Å². The Labute approximate surface area is 205 Å². The summed E-state index contributed by atoms with van der Waals surface area (Å²) in [5.41, 5.74) is 4.59. The number of hydrogen-bond donors (Lipinski definition) is 0. The molecule has 1 fully saturated rings. The lowest BCUT2D eigenvalue weighted by molar-refractivity contribution is 0.0762. The number of anilines is 1. The molecule has 4 aromatic rings. The van der Waals surface area contributed by atoms with Gasteiger partial charge >= 0.3 is 0 Å². The van der Waals surface area contributed by atoms with Crippen molar-refractivity contribution >= 4 is 17.2 Å². The molecule has 0 atom stereocenters. The number of carbonyl (C=O) groups is 1. The molecular weight excluding hydrogens is 440 g/mol. The second-order valence-corrected chi connectivity index (χ2v) is 8.77. The zero-order valence-electron chi connectivity index (χ0n) is 20.2. The van der Waals surface area contributed by atoms with Crippen LogP contribution < -0.4 is 14.4 Å². The van der Waals surface area contributed by atoms with E-state index in [1.807, 2.05) is 77.1 Å². The molecule has 2 aromatic carbocycles. The summed E-state index contributed by atoms with van der Waals surface area (Å²) in [6.45, 7) is 5.40. The van der Waals surface area contributed by atoms with Gasteiger partial charge in [-0.1, -0.05) is 18.2 Å². The largest absolute Gasteiger partial charge is 0.497 e. The molecule has 2 aromatic heterocycles. The maximum absolute atomic E-state index is 13.5. The van der Waals surface area contributed by atoms with Gasteiger partial charge in [-0.15, -0.1) is 0 Å². The molecule has 0 spiro atoms. The topological polar surface area (TPSA) is 59.3 Å². The van der Waals surface area contributed by atoms with E-state index < -0.39 is 0 Å². The summed E-state index contributed by atoms with van der Waals surface area (Å²) in [6, 6.07) is 19.6. The van der Waals surface area contributed by atoms with Gasteiger partial charge in [0.2, 0.25) is 0 Å². The van der Waals surface area contributed by atoms with Gasteiger partial charge in [0.1, 0.15) is 23.8 Å². The van der Waals surface area contributed by atoms with E-state index in [9.17, 15) is 4.79 Å². The number of aryl methyl sites for hydroxylation is 1. The zero-order valence-corrected chi connectivity index (χ0v) is 20.2. The van der Waals surface area contributed by atoms with Crippen molar-refractivity contribution in [3.05, 3.63) is 89.9 Å². The van der Waals surface area contributed by atoms with Gasteiger partial charge < -0.3 is 23.7 Å². The molecule has 1 amide bonds. The van der Waals surface area contributed by atoms with Gasteiger partial charge in [0, 0.05) is 44.3 Å². The number of ether oxygens (including phenoxy) is 2. The molecule has 1 aliphatic heterocycles. The van der Waals surface area contributed by atoms with Crippen molar-refractivity contribution in [3.8, 4) is 11.5 Å². The van der Waals surface area contributed by atoms with E-state index in [0.29, 0.717) is 31.0 Å². The van der Waals surface area contributed by atoms with E-state index in [-0.39, 0.29) is 5.91 Å².